The lowest BCUT2D eigenvalue weighted by molar-refractivity contribution is -0.123. The number of ether oxygens (including phenoxy) is 1. The lowest BCUT2D eigenvalue weighted by Gasteiger charge is -2.09. The van der Waals surface area contributed by atoms with Crippen LogP contribution in [0.15, 0.2) is 36.5 Å². The van der Waals surface area contributed by atoms with Gasteiger partial charge in [-0.2, -0.15) is 5.10 Å². The van der Waals surface area contributed by atoms with Gasteiger partial charge in [-0.05, 0) is 44.2 Å². The van der Waals surface area contributed by atoms with E-state index in [-0.39, 0.29) is 10.7 Å². The molecule has 150 valence electrons. The van der Waals surface area contributed by atoms with E-state index in [1.807, 2.05) is 19.9 Å². The van der Waals surface area contributed by atoms with E-state index in [4.69, 9.17) is 16.3 Å². The minimum absolute atomic E-state index is 0.0700. The second kappa shape index (κ2) is 8.27. The fraction of sp³-hybridized carbons (Fsp3) is 0.211. The zero-order valence-electron chi connectivity index (χ0n) is 16.0. The van der Waals surface area contributed by atoms with Crippen LogP contribution in [0.3, 0.4) is 0 Å². The van der Waals surface area contributed by atoms with E-state index in [0.717, 1.165) is 11.4 Å². The number of pyridine rings is 1. The third-order valence-electron chi connectivity index (χ3n) is 4.01. The van der Waals surface area contributed by atoms with Gasteiger partial charge in [-0.15, -0.1) is 0 Å². The van der Waals surface area contributed by atoms with E-state index < -0.39 is 24.4 Å². The van der Waals surface area contributed by atoms with Gasteiger partial charge < -0.3 is 9.30 Å². The molecular weight excluding hydrogens is 398 g/mol. The van der Waals surface area contributed by atoms with E-state index >= 15 is 0 Å². The molecule has 0 aromatic carbocycles. The highest BCUT2D eigenvalue weighted by Gasteiger charge is 2.19. The first-order chi connectivity index (χ1) is 13.8. The molecule has 0 aliphatic rings. The number of carbonyl (C=O) groups excluding carboxylic acids is 3. The summed E-state index contributed by atoms with van der Waals surface area (Å²) in [5.41, 5.74) is 1.77. The Bertz CT molecular complexity index is 1100. The molecular formula is C19H18ClN5O4. The van der Waals surface area contributed by atoms with Crippen LogP contribution < -0.4 is 5.32 Å². The molecule has 0 aliphatic carbocycles. The van der Waals surface area contributed by atoms with Crippen LogP contribution >= 0.6 is 11.6 Å². The standard InChI is InChI=1S/C19H18ClN5O4/c1-11-9-12(2)25(23-11)15-7-6-13(20)17(21-15)19(28)29-10-16(26)22-18(27)14-5-4-8-24(14)3/h4-9H,10H2,1-3H3,(H,22,26,27). The Kier molecular flexibility index (Phi) is 5.79. The summed E-state index contributed by atoms with van der Waals surface area (Å²) in [6, 6.07) is 8.20. The first-order valence-electron chi connectivity index (χ1n) is 8.59. The number of nitrogens with one attached hydrogen (secondary N) is 1. The molecule has 0 bridgehead atoms. The van der Waals surface area contributed by atoms with Crippen molar-refractivity contribution in [3.63, 3.8) is 0 Å². The second-order valence-corrected chi connectivity index (χ2v) is 6.70. The minimum Gasteiger partial charge on any atom is -0.451 e. The van der Waals surface area contributed by atoms with E-state index in [1.165, 1.54) is 6.07 Å². The highest BCUT2D eigenvalue weighted by Crippen LogP contribution is 2.18. The third-order valence-corrected chi connectivity index (χ3v) is 4.32. The van der Waals surface area contributed by atoms with E-state index in [9.17, 15) is 14.4 Å². The van der Waals surface area contributed by atoms with Crippen molar-refractivity contribution in [3.8, 4) is 5.82 Å². The summed E-state index contributed by atoms with van der Waals surface area (Å²) in [5.74, 6) is -1.87. The SMILES string of the molecule is Cc1cc(C)n(-c2ccc(Cl)c(C(=O)OCC(=O)NC(=O)c3cccn3C)n2)n1. The molecule has 3 rings (SSSR count). The third kappa shape index (κ3) is 4.52. The first kappa shape index (κ1) is 20.3. The molecule has 3 heterocycles. The van der Waals surface area contributed by atoms with Crippen LogP contribution in [0.4, 0.5) is 0 Å². The van der Waals surface area contributed by atoms with E-state index in [1.54, 1.807) is 40.7 Å². The van der Waals surface area contributed by atoms with E-state index in [0.29, 0.717) is 11.5 Å². The van der Waals surface area contributed by atoms with E-state index in [2.05, 4.69) is 15.4 Å². The van der Waals surface area contributed by atoms with Crippen molar-refractivity contribution >= 4 is 29.4 Å². The first-order valence-corrected chi connectivity index (χ1v) is 8.97. The summed E-state index contributed by atoms with van der Waals surface area (Å²) in [5, 5.41) is 6.52. The lowest BCUT2D eigenvalue weighted by atomic mass is 10.3. The van der Waals surface area contributed by atoms with Crippen LogP contribution in [-0.2, 0) is 16.6 Å². The molecule has 9 nitrogen and oxygen atoms in total. The lowest BCUT2D eigenvalue weighted by Crippen LogP contribution is -2.35. The van der Waals surface area contributed by atoms with Crippen molar-refractivity contribution < 1.29 is 19.1 Å². The number of rotatable bonds is 5. The zero-order valence-corrected chi connectivity index (χ0v) is 16.7. The van der Waals surface area contributed by atoms with Gasteiger partial charge in [0.1, 0.15) is 5.69 Å². The van der Waals surface area contributed by atoms with Crippen LogP contribution in [0.2, 0.25) is 5.02 Å². The van der Waals surface area contributed by atoms with Crippen LogP contribution in [0.25, 0.3) is 5.82 Å². The Balaban J connectivity index is 1.67. The molecule has 3 aromatic rings. The van der Waals surface area contributed by atoms with Gasteiger partial charge in [-0.3, -0.25) is 14.9 Å². The van der Waals surface area contributed by atoms with Gasteiger partial charge in [0.05, 0.1) is 10.7 Å². The molecule has 3 aromatic heterocycles. The Labute approximate surface area is 171 Å². The van der Waals surface area contributed by atoms with Gasteiger partial charge in [0.2, 0.25) is 0 Å². The summed E-state index contributed by atoms with van der Waals surface area (Å²) in [7, 11) is 1.67. The number of hydrogen-bond donors (Lipinski definition) is 1. The maximum atomic E-state index is 12.3. The smallest absolute Gasteiger partial charge is 0.359 e. The zero-order chi connectivity index (χ0) is 21.1. The number of carbonyl (C=O) groups is 3. The van der Waals surface area contributed by atoms with Gasteiger partial charge in [0.25, 0.3) is 11.8 Å². The number of amides is 2. The van der Waals surface area contributed by atoms with Gasteiger partial charge in [-0.25, -0.2) is 14.5 Å². The van der Waals surface area contributed by atoms with Crippen LogP contribution in [0.5, 0.6) is 0 Å². The molecule has 0 aliphatic heterocycles. The van der Waals surface area contributed by atoms with Gasteiger partial charge in [0, 0.05) is 18.9 Å². The number of nitrogens with zero attached hydrogens (tertiary/aromatic N) is 4. The van der Waals surface area contributed by atoms with Crippen molar-refractivity contribution in [3.05, 3.63) is 64.3 Å². The Morgan fingerprint density at radius 2 is 1.97 bits per heavy atom. The number of halogens is 1. The largest absolute Gasteiger partial charge is 0.451 e. The maximum absolute atomic E-state index is 12.3. The topological polar surface area (TPSA) is 108 Å². The highest BCUT2D eigenvalue weighted by molar-refractivity contribution is 6.33. The fourth-order valence-corrected chi connectivity index (χ4v) is 2.86. The molecule has 0 radical (unpaired) electrons. The van der Waals surface area contributed by atoms with Crippen molar-refractivity contribution in [1.29, 1.82) is 0 Å². The van der Waals surface area contributed by atoms with Crippen LogP contribution in [-0.4, -0.2) is 43.7 Å². The minimum atomic E-state index is -0.889. The van der Waals surface area contributed by atoms with Gasteiger partial charge >= 0.3 is 5.97 Å². The normalized spacial score (nSPS) is 10.6. The van der Waals surface area contributed by atoms with Gasteiger partial charge in [-0.1, -0.05) is 11.6 Å². The summed E-state index contributed by atoms with van der Waals surface area (Å²) < 4.78 is 8.08. The fourth-order valence-electron chi connectivity index (χ4n) is 2.68. The number of hydrogen-bond acceptors (Lipinski definition) is 6. The molecule has 2 amide bonds. The van der Waals surface area contributed by atoms with Crippen LogP contribution in [0, 0.1) is 13.8 Å². The molecule has 0 saturated carbocycles. The van der Waals surface area contributed by atoms with Crippen molar-refractivity contribution in [2.45, 2.75) is 13.8 Å². The molecule has 0 fully saturated rings. The molecule has 29 heavy (non-hydrogen) atoms. The number of aryl methyl sites for hydroxylation is 3. The number of aromatic nitrogens is 4. The van der Waals surface area contributed by atoms with Gasteiger partial charge in [0.15, 0.2) is 18.1 Å². The monoisotopic (exact) mass is 415 g/mol. The number of imide groups is 1. The molecule has 0 unspecified atom stereocenters. The average molecular weight is 416 g/mol. The highest BCUT2D eigenvalue weighted by atomic mass is 35.5. The van der Waals surface area contributed by atoms with Crippen molar-refractivity contribution in [2.24, 2.45) is 7.05 Å². The van der Waals surface area contributed by atoms with Crippen LogP contribution in [0.1, 0.15) is 32.4 Å². The average Bonchev–Trinajstić information content (AvgIpc) is 3.24. The Morgan fingerprint density at radius 1 is 1.21 bits per heavy atom. The Morgan fingerprint density at radius 3 is 2.59 bits per heavy atom. The second-order valence-electron chi connectivity index (χ2n) is 6.30. The predicted octanol–water partition coefficient (Wildman–Crippen LogP) is 1.99. The predicted molar refractivity (Wildman–Crippen MR) is 104 cm³/mol. The number of esters is 1. The summed E-state index contributed by atoms with van der Waals surface area (Å²) >= 11 is 6.06. The summed E-state index contributed by atoms with van der Waals surface area (Å²) in [4.78, 5) is 40.5. The molecule has 0 saturated heterocycles. The Hall–Kier alpha value is -3.46. The maximum Gasteiger partial charge on any atom is 0.359 e. The molecule has 0 atom stereocenters. The molecule has 10 heteroatoms. The quantitative estimate of drug-likeness (QED) is 0.638. The van der Waals surface area contributed by atoms with Crippen molar-refractivity contribution in [1.82, 2.24) is 24.6 Å². The van der Waals surface area contributed by atoms with Crippen molar-refractivity contribution in [2.75, 3.05) is 6.61 Å². The molecule has 1 N–H and O–H groups in total. The summed E-state index contributed by atoms with van der Waals surface area (Å²) in [6.45, 7) is 3.03. The summed E-state index contributed by atoms with van der Waals surface area (Å²) in [6.07, 6.45) is 1.67. The molecule has 0 spiro atoms.